The van der Waals surface area contributed by atoms with Gasteiger partial charge in [0.05, 0.1) is 0 Å². The van der Waals surface area contributed by atoms with Crippen LogP contribution in [0.4, 0.5) is 0 Å². The Balaban J connectivity index is 1.28. The first-order valence-electron chi connectivity index (χ1n) is 12.2. The van der Waals surface area contributed by atoms with Crippen molar-refractivity contribution < 1.29 is 9.59 Å². The topological polar surface area (TPSA) is 82.9 Å². The van der Waals surface area contributed by atoms with Gasteiger partial charge >= 0.3 is 0 Å². The van der Waals surface area contributed by atoms with Crippen molar-refractivity contribution in [1.82, 2.24) is 10.9 Å². The molecule has 0 saturated heterocycles. The molecule has 0 radical (unpaired) electrons. The maximum Gasteiger partial charge on any atom is 0.252 e. The van der Waals surface area contributed by atoms with Gasteiger partial charge in [0.1, 0.15) is 5.92 Å². The molecular weight excluding hydrogens is 376 g/mol. The largest absolute Gasteiger partial charge is 0.272 e. The Morgan fingerprint density at radius 1 is 0.800 bits per heavy atom. The highest BCUT2D eigenvalue weighted by Crippen LogP contribution is 2.48. The molecule has 4 rings (SSSR count). The third-order valence-corrected chi connectivity index (χ3v) is 8.13. The van der Waals surface area contributed by atoms with Crippen LogP contribution in [-0.4, -0.2) is 24.2 Å². The van der Waals surface area contributed by atoms with Crippen molar-refractivity contribution in [2.24, 2.45) is 57.5 Å². The number of hydrazone groups is 2. The van der Waals surface area contributed by atoms with Crippen LogP contribution < -0.4 is 10.9 Å². The van der Waals surface area contributed by atoms with E-state index in [1.807, 2.05) is 12.4 Å². The number of nitrogens with one attached hydrogen (secondary N) is 2. The Bertz CT molecular complexity index is 637. The normalized spacial score (nSPS) is 35.7. The molecule has 0 aromatic heterocycles. The van der Waals surface area contributed by atoms with Crippen molar-refractivity contribution in [1.29, 1.82) is 0 Å². The molecule has 4 aliphatic rings. The van der Waals surface area contributed by atoms with Gasteiger partial charge < -0.3 is 0 Å². The second kappa shape index (κ2) is 9.61. The summed E-state index contributed by atoms with van der Waals surface area (Å²) in [5, 5.41) is 8.46. The van der Waals surface area contributed by atoms with Gasteiger partial charge in [-0.1, -0.05) is 26.7 Å². The van der Waals surface area contributed by atoms with Crippen molar-refractivity contribution >= 4 is 24.2 Å². The molecule has 166 valence electrons. The van der Waals surface area contributed by atoms with E-state index in [4.69, 9.17) is 0 Å². The summed E-state index contributed by atoms with van der Waals surface area (Å²) in [5.74, 6) is 3.18. The third-order valence-electron chi connectivity index (χ3n) is 8.13. The van der Waals surface area contributed by atoms with Gasteiger partial charge in [-0.2, -0.15) is 10.2 Å². The van der Waals surface area contributed by atoms with E-state index >= 15 is 0 Å². The molecule has 6 nitrogen and oxygen atoms in total. The van der Waals surface area contributed by atoms with Crippen LogP contribution in [0.1, 0.15) is 78.1 Å². The quantitative estimate of drug-likeness (QED) is 0.338. The van der Waals surface area contributed by atoms with Gasteiger partial charge in [-0.25, -0.2) is 10.9 Å². The van der Waals surface area contributed by atoms with E-state index in [9.17, 15) is 9.59 Å². The van der Waals surface area contributed by atoms with Crippen molar-refractivity contribution in [2.45, 2.75) is 78.1 Å². The lowest BCUT2D eigenvalue weighted by Crippen LogP contribution is -2.38. The van der Waals surface area contributed by atoms with Crippen LogP contribution in [-0.2, 0) is 9.59 Å². The Morgan fingerprint density at radius 2 is 1.30 bits per heavy atom. The average molecular weight is 415 g/mol. The summed E-state index contributed by atoms with van der Waals surface area (Å²) in [4.78, 5) is 25.4. The van der Waals surface area contributed by atoms with Gasteiger partial charge in [-0.15, -0.1) is 0 Å². The maximum absolute atomic E-state index is 12.7. The van der Waals surface area contributed by atoms with Gasteiger partial charge in [0.2, 0.25) is 0 Å². The van der Waals surface area contributed by atoms with E-state index in [0.717, 1.165) is 30.1 Å². The molecule has 4 aliphatic carbocycles. The summed E-state index contributed by atoms with van der Waals surface area (Å²) in [7, 11) is 0. The fraction of sp³-hybridized carbons (Fsp3) is 0.833. The summed E-state index contributed by atoms with van der Waals surface area (Å²) in [6.07, 6.45) is 15.4. The van der Waals surface area contributed by atoms with Gasteiger partial charge in [0.25, 0.3) is 11.8 Å². The fourth-order valence-corrected chi connectivity index (χ4v) is 6.38. The Labute approximate surface area is 180 Å². The zero-order valence-corrected chi connectivity index (χ0v) is 18.6. The summed E-state index contributed by atoms with van der Waals surface area (Å²) >= 11 is 0. The van der Waals surface area contributed by atoms with E-state index in [1.165, 1.54) is 51.4 Å². The van der Waals surface area contributed by atoms with Crippen molar-refractivity contribution in [3.8, 4) is 0 Å². The number of amides is 2. The Kier molecular flexibility index (Phi) is 6.89. The highest BCUT2D eigenvalue weighted by molar-refractivity contribution is 6.00. The molecule has 0 heterocycles. The molecule has 4 bridgehead atoms. The second-order valence-corrected chi connectivity index (χ2v) is 10.7. The molecule has 4 fully saturated rings. The Hall–Kier alpha value is -1.72. The molecular formula is C24H38N4O2. The lowest BCUT2D eigenvalue weighted by molar-refractivity contribution is -0.135. The number of hydrogen-bond acceptors (Lipinski definition) is 4. The molecule has 1 unspecified atom stereocenters. The molecule has 30 heavy (non-hydrogen) atoms. The molecule has 7 atom stereocenters. The molecule has 6 heteroatoms. The van der Waals surface area contributed by atoms with Crippen molar-refractivity contribution in [3.63, 3.8) is 0 Å². The van der Waals surface area contributed by atoms with E-state index in [-0.39, 0.29) is 11.8 Å². The molecule has 0 aromatic carbocycles. The van der Waals surface area contributed by atoms with Crippen molar-refractivity contribution in [2.75, 3.05) is 0 Å². The van der Waals surface area contributed by atoms with E-state index < -0.39 is 5.92 Å². The molecule has 0 aliphatic heterocycles. The zero-order valence-electron chi connectivity index (χ0n) is 18.6. The first-order valence-corrected chi connectivity index (χ1v) is 12.2. The maximum atomic E-state index is 12.7. The SMILES string of the molecule is CC(C)CCC(C(=O)N/N=C/[C@@H]1C[C@H]2CC[C@H]1C2)C(=O)N/N=C/[C@H]1C[C@H]2CC[C@H]1C2. The van der Waals surface area contributed by atoms with E-state index in [0.29, 0.717) is 24.2 Å². The molecule has 0 aromatic rings. The standard InChI is InChI=1S/C24H38N4O2/c1-15(2)3-8-22(23(29)27-25-13-20-11-16-4-6-18(20)9-16)24(30)28-26-14-21-12-17-5-7-19(21)10-17/h13-22H,3-12H2,1-2H3,(H,27,29)(H,28,30)/b25-13+,26-14+/t16-,17-,18-,19-,20-,21+,22?/m0/s1. The smallest absolute Gasteiger partial charge is 0.252 e. The molecule has 4 saturated carbocycles. The summed E-state index contributed by atoms with van der Waals surface area (Å²) in [5.41, 5.74) is 5.29. The van der Waals surface area contributed by atoms with Gasteiger partial charge in [0, 0.05) is 12.4 Å². The van der Waals surface area contributed by atoms with Crippen LogP contribution in [0.25, 0.3) is 0 Å². The zero-order chi connectivity index (χ0) is 21.1. The van der Waals surface area contributed by atoms with Crippen LogP contribution in [0, 0.1) is 47.3 Å². The Morgan fingerprint density at radius 3 is 1.67 bits per heavy atom. The predicted molar refractivity (Wildman–Crippen MR) is 119 cm³/mol. The van der Waals surface area contributed by atoms with Crippen molar-refractivity contribution in [3.05, 3.63) is 0 Å². The third kappa shape index (κ3) is 5.12. The van der Waals surface area contributed by atoms with Crippen LogP contribution in [0.2, 0.25) is 0 Å². The monoisotopic (exact) mass is 414 g/mol. The first-order chi connectivity index (χ1) is 14.5. The van der Waals surface area contributed by atoms with Gasteiger partial charge in [0.15, 0.2) is 0 Å². The minimum atomic E-state index is -0.748. The van der Waals surface area contributed by atoms with E-state index in [1.54, 1.807) is 0 Å². The van der Waals surface area contributed by atoms with Crippen LogP contribution in [0.15, 0.2) is 10.2 Å². The summed E-state index contributed by atoms with van der Waals surface area (Å²) in [6.45, 7) is 4.21. The second-order valence-electron chi connectivity index (χ2n) is 10.7. The van der Waals surface area contributed by atoms with Crippen LogP contribution >= 0.6 is 0 Å². The lowest BCUT2D eigenvalue weighted by atomic mass is 9.90. The fourth-order valence-electron chi connectivity index (χ4n) is 6.38. The van der Waals surface area contributed by atoms with Gasteiger partial charge in [-0.3, -0.25) is 9.59 Å². The number of hydrogen-bond donors (Lipinski definition) is 2. The van der Waals surface area contributed by atoms with Crippen LogP contribution in [0.3, 0.4) is 0 Å². The van der Waals surface area contributed by atoms with E-state index in [2.05, 4.69) is 34.9 Å². The highest BCUT2D eigenvalue weighted by Gasteiger charge is 2.39. The highest BCUT2D eigenvalue weighted by atomic mass is 16.2. The molecule has 0 spiro atoms. The van der Waals surface area contributed by atoms with Gasteiger partial charge in [-0.05, 0) is 92.8 Å². The lowest BCUT2D eigenvalue weighted by Gasteiger charge is -2.18. The van der Waals surface area contributed by atoms with Crippen LogP contribution in [0.5, 0.6) is 0 Å². The average Bonchev–Trinajstić information content (AvgIpc) is 3.49. The first kappa shape index (κ1) is 21.5. The molecule has 2 N–H and O–H groups in total. The predicted octanol–water partition coefficient (Wildman–Crippen LogP) is 4.12. The number of carbonyl (C=O) groups is 2. The number of carbonyl (C=O) groups excluding carboxylic acids is 2. The number of fused-ring (bicyclic) bond motifs is 4. The number of nitrogens with zero attached hydrogens (tertiary/aromatic N) is 2. The summed E-state index contributed by atoms with van der Waals surface area (Å²) < 4.78 is 0. The minimum Gasteiger partial charge on any atom is -0.272 e. The summed E-state index contributed by atoms with van der Waals surface area (Å²) in [6, 6.07) is 0. The number of rotatable bonds is 9. The minimum absolute atomic E-state index is 0.317. The molecule has 2 amide bonds.